The van der Waals surface area contributed by atoms with Crippen molar-refractivity contribution in [3.63, 3.8) is 0 Å². The van der Waals surface area contributed by atoms with Gasteiger partial charge < -0.3 is 13.7 Å². The maximum Gasteiger partial charge on any atom is 0.151 e. The smallest absolute Gasteiger partial charge is 0.151 e. The van der Waals surface area contributed by atoms with E-state index < -0.39 is 0 Å². The molecule has 0 spiro atoms. The predicted octanol–water partition coefficient (Wildman–Crippen LogP) is 3.17. The molecule has 23 heavy (non-hydrogen) atoms. The van der Waals surface area contributed by atoms with Crippen molar-refractivity contribution in [2.75, 3.05) is 13.7 Å². The highest BCUT2D eigenvalue weighted by atomic mass is 16.5. The first-order chi connectivity index (χ1) is 11.3. The van der Waals surface area contributed by atoms with Crippen LogP contribution in [0.15, 0.2) is 53.3 Å². The highest BCUT2D eigenvalue weighted by Crippen LogP contribution is 2.25. The second kappa shape index (κ2) is 5.93. The summed E-state index contributed by atoms with van der Waals surface area (Å²) >= 11 is 0. The van der Waals surface area contributed by atoms with Crippen molar-refractivity contribution in [2.24, 2.45) is 0 Å². The molecular formula is C18H19N3O2. The van der Waals surface area contributed by atoms with Crippen LogP contribution in [0.3, 0.4) is 0 Å². The first kappa shape index (κ1) is 14.1. The molecule has 0 atom stereocenters. The van der Waals surface area contributed by atoms with E-state index in [1.165, 1.54) is 5.56 Å². The second-order valence-electron chi connectivity index (χ2n) is 5.75. The Hall–Kier alpha value is -2.53. The summed E-state index contributed by atoms with van der Waals surface area (Å²) in [5.74, 6) is 2.87. The van der Waals surface area contributed by atoms with Crippen molar-refractivity contribution in [1.82, 2.24) is 14.5 Å². The van der Waals surface area contributed by atoms with Gasteiger partial charge in [0.05, 0.1) is 26.1 Å². The molecule has 0 radical (unpaired) electrons. The summed E-state index contributed by atoms with van der Waals surface area (Å²) in [7, 11) is 1.69. The predicted molar refractivity (Wildman–Crippen MR) is 87.0 cm³/mol. The summed E-state index contributed by atoms with van der Waals surface area (Å²) in [5, 5.41) is 0. The molecule has 5 heteroatoms. The molecule has 1 aliphatic rings. The van der Waals surface area contributed by atoms with Crippen LogP contribution in [0.2, 0.25) is 0 Å². The van der Waals surface area contributed by atoms with E-state index in [1.54, 1.807) is 13.4 Å². The molecule has 0 fully saturated rings. The number of benzene rings is 1. The van der Waals surface area contributed by atoms with Crippen molar-refractivity contribution in [1.29, 1.82) is 0 Å². The van der Waals surface area contributed by atoms with Crippen LogP contribution < -0.4 is 4.74 Å². The number of nitrogens with zero attached hydrogens (tertiary/aromatic N) is 3. The van der Waals surface area contributed by atoms with Gasteiger partial charge in [-0.15, -0.1) is 0 Å². The highest BCUT2D eigenvalue weighted by Gasteiger charge is 2.21. The average Bonchev–Trinajstić information content (AvgIpc) is 3.24. The number of fused-ring (bicyclic) bond motifs is 1. The summed E-state index contributed by atoms with van der Waals surface area (Å²) in [5.41, 5.74) is 2.35. The van der Waals surface area contributed by atoms with Crippen molar-refractivity contribution < 1.29 is 9.15 Å². The van der Waals surface area contributed by atoms with E-state index in [4.69, 9.17) is 9.15 Å². The molecule has 0 bridgehead atoms. The molecule has 0 saturated carbocycles. The number of hydrogen-bond donors (Lipinski definition) is 0. The maximum absolute atomic E-state index is 5.50. The van der Waals surface area contributed by atoms with E-state index in [9.17, 15) is 0 Å². The van der Waals surface area contributed by atoms with Crippen LogP contribution >= 0.6 is 0 Å². The molecule has 0 aliphatic carbocycles. The molecule has 118 valence electrons. The Balaban J connectivity index is 1.48. The van der Waals surface area contributed by atoms with Crippen LogP contribution in [0.5, 0.6) is 5.75 Å². The lowest BCUT2D eigenvalue weighted by Crippen LogP contribution is -2.33. The third kappa shape index (κ3) is 2.75. The van der Waals surface area contributed by atoms with Crippen molar-refractivity contribution in [3.8, 4) is 17.2 Å². The van der Waals surface area contributed by atoms with Gasteiger partial charge in [-0.1, -0.05) is 12.1 Å². The summed E-state index contributed by atoms with van der Waals surface area (Å²) in [6, 6.07) is 12.1. The third-order valence-electron chi connectivity index (χ3n) is 4.28. The fourth-order valence-electron chi connectivity index (χ4n) is 3.06. The second-order valence-corrected chi connectivity index (χ2v) is 5.75. The summed E-state index contributed by atoms with van der Waals surface area (Å²) < 4.78 is 13.0. The zero-order valence-corrected chi connectivity index (χ0v) is 13.1. The van der Waals surface area contributed by atoms with Crippen LogP contribution in [-0.2, 0) is 19.6 Å². The molecule has 5 nitrogen and oxygen atoms in total. The van der Waals surface area contributed by atoms with Crippen LogP contribution in [0.1, 0.15) is 11.4 Å². The molecule has 0 unspecified atom stereocenters. The van der Waals surface area contributed by atoms with Gasteiger partial charge in [-0.2, -0.15) is 0 Å². The SMILES string of the molecule is COc1ccc(CN2CCn3c(-c4ccco4)cnc3C2)cc1. The van der Waals surface area contributed by atoms with Gasteiger partial charge in [0.15, 0.2) is 5.76 Å². The van der Waals surface area contributed by atoms with E-state index in [-0.39, 0.29) is 0 Å². The zero-order valence-electron chi connectivity index (χ0n) is 13.1. The van der Waals surface area contributed by atoms with E-state index in [1.807, 2.05) is 30.5 Å². The number of imidazole rings is 1. The monoisotopic (exact) mass is 309 g/mol. The fourth-order valence-corrected chi connectivity index (χ4v) is 3.06. The number of hydrogen-bond acceptors (Lipinski definition) is 4. The first-order valence-corrected chi connectivity index (χ1v) is 7.77. The van der Waals surface area contributed by atoms with Gasteiger partial charge >= 0.3 is 0 Å². The van der Waals surface area contributed by atoms with Crippen molar-refractivity contribution >= 4 is 0 Å². The summed E-state index contributed by atoms with van der Waals surface area (Å²) in [4.78, 5) is 6.99. The van der Waals surface area contributed by atoms with Crippen molar-refractivity contribution in [2.45, 2.75) is 19.6 Å². The molecular weight excluding hydrogens is 290 g/mol. The molecule has 0 saturated heterocycles. The minimum atomic E-state index is 0.854. The quantitative estimate of drug-likeness (QED) is 0.742. The first-order valence-electron chi connectivity index (χ1n) is 7.77. The van der Waals surface area contributed by atoms with E-state index in [2.05, 4.69) is 26.6 Å². The Morgan fingerprint density at radius 2 is 2.04 bits per heavy atom. The van der Waals surface area contributed by atoms with Crippen LogP contribution in [-0.4, -0.2) is 28.1 Å². The Bertz CT molecular complexity index is 775. The van der Waals surface area contributed by atoms with Gasteiger partial charge in [-0.25, -0.2) is 4.98 Å². The van der Waals surface area contributed by atoms with Crippen LogP contribution in [0.25, 0.3) is 11.5 Å². The Labute approximate surface area is 135 Å². The molecule has 1 aliphatic heterocycles. The topological polar surface area (TPSA) is 43.4 Å². The third-order valence-corrected chi connectivity index (χ3v) is 4.28. The van der Waals surface area contributed by atoms with Gasteiger partial charge in [-0.3, -0.25) is 4.90 Å². The van der Waals surface area contributed by atoms with Crippen LogP contribution in [0, 0.1) is 0 Å². The molecule has 4 rings (SSSR count). The molecule has 3 heterocycles. The minimum absolute atomic E-state index is 0.854. The van der Waals surface area contributed by atoms with Crippen LogP contribution in [0.4, 0.5) is 0 Å². The maximum atomic E-state index is 5.50. The lowest BCUT2D eigenvalue weighted by atomic mass is 10.2. The number of rotatable bonds is 4. The average molecular weight is 309 g/mol. The van der Waals surface area contributed by atoms with Crippen molar-refractivity contribution in [3.05, 3.63) is 60.2 Å². The number of aromatic nitrogens is 2. The highest BCUT2D eigenvalue weighted by molar-refractivity contribution is 5.52. The number of ether oxygens (including phenoxy) is 1. The van der Waals surface area contributed by atoms with E-state index >= 15 is 0 Å². The lowest BCUT2D eigenvalue weighted by Gasteiger charge is -2.28. The van der Waals surface area contributed by atoms with Gasteiger partial charge in [0, 0.05) is 19.6 Å². The largest absolute Gasteiger partial charge is 0.497 e. The Kier molecular flexibility index (Phi) is 3.63. The Morgan fingerprint density at radius 3 is 2.78 bits per heavy atom. The summed E-state index contributed by atoms with van der Waals surface area (Å²) in [6.07, 6.45) is 3.61. The Morgan fingerprint density at radius 1 is 1.17 bits per heavy atom. The zero-order chi connectivity index (χ0) is 15.6. The standard InChI is InChI=1S/C18H19N3O2/c1-22-15-6-4-14(5-7-15)12-20-8-9-21-16(11-19-18(21)13-20)17-3-2-10-23-17/h2-7,10-11H,8-9,12-13H2,1H3. The summed E-state index contributed by atoms with van der Waals surface area (Å²) in [6.45, 7) is 3.71. The normalized spacial score (nSPS) is 14.7. The molecule has 1 aromatic carbocycles. The van der Waals surface area contributed by atoms with Gasteiger partial charge in [-0.05, 0) is 29.8 Å². The van der Waals surface area contributed by atoms with Gasteiger partial charge in [0.1, 0.15) is 17.3 Å². The van der Waals surface area contributed by atoms with Gasteiger partial charge in [0.2, 0.25) is 0 Å². The molecule has 3 aromatic rings. The fraction of sp³-hybridized carbons (Fsp3) is 0.278. The molecule has 2 aromatic heterocycles. The number of methoxy groups -OCH3 is 1. The molecule has 0 amide bonds. The lowest BCUT2D eigenvalue weighted by molar-refractivity contribution is 0.209. The van der Waals surface area contributed by atoms with E-state index in [0.717, 1.165) is 49.2 Å². The number of furan rings is 1. The molecule has 0 N–H and O–H groups in total. The minimum Gasteiger partial charge on any atom is -0.497 e. The van der Waals surface area contributed by atoms with E-state index in [0.29, 0.717) is 0 Å². The van der Waals surface area contributed by atoms with Gasteiger partial charge in [0.25, 0.3) is 0 Å².